The van der Waals surface area contributed by atoms with Crippen LogP contribution in [0.1, 0.15) is 52.1 Å². The third kappa shape index (κ3) is 3.47. The van der Waals surface area contributed by atoms with E-state index in [-0.39, 0.29) is 17.4 Å². The van der Waals surface area contributed by atoms with Gasteiger partial charge in [0.15, 0.2) is 0 Å². The van der Waals surface area contributed by atoms with Gasteiger partial charge in [-0.1, -0.05) is 20.8 Å². The molecule has 1 saturated carbocycles. The summed E-state index contributed by atoms with van der Waals surface area (Å²) in [5, 5.41) is 9.73. The number of rotatable bonds is 2. The van der Waals surface area contributed by atoms with Crippen molar-refractivity contribution in [2.24, 2.45) is 5.41 Å². The van der Waals surface area contributed by atoms with Gasteiger partial charge in [0.25, 0.3) is 0 Å². The minimum absolute atomic E-state index is 0.151. The van der Waals surface area contributed by atoms with Crippen LogP contribution in [-0.4, -0.2) is 28.9 Å². The first-order chi connectivity index (χ1) is 10.7. The van der Waals surface area contributed by atoms with E-state index in [1.165, 1.54) is 0 Å². The Kier molecular flexibility index (Phi) is 4.65. The number of carbonyl (C=O) groups excluding carboxylic acids is 1. The normalized spacial score (nSPS) is 24.7. The number of hydrogen-bond acceptors (Lipinski definition) is 4. The molecule has 1 amide bonds. The Hall–Kier alpha value is -2.09. The van der Waals surface area contributed by atoms with Gasteiger partial charge in [-0.15, -0.1) is 0 Å². The number of aromatic nitrogens is 1. The fraction of sp³-hybridized carbons (Fsp3) is 0.611. The predicted octanol–water partition coefficient (Wildman–Crippen LogP) is 2.87. The largest absolute Gasteiger partial charge is 0.397 e. The molecule has 0 unspecified atom stereocenters. The minimum atomic E-state index is -0.560. The predicted molar refractivity (Wildman–Crippen MR) is 90.4 cm³/mol. The SMILES string of the molecule is CN(C(=O)C(C)(C)C)C1CCC(C#N)(c2ccc(N)cn2)CC1. The monoisotopic (exact) mass is 314 g/mol. The van der Waals surface area contributed by atoms with Crippen LogP contribution in [-0.2, 0) is 10.2 Å². The molecule has 0 atom stereocenters. The van der Waals surface area contributed by atoms with Crippen LogP contribution in [0.3, 0.4) is 0 Å². The van der Waals surface area contributed by atoms with Crippen molar-refractivity contribution in [2.45, 2.75) is 57.9 Å². The van der Waals surface area contributed by atoms with Gasteiger partial charge >= 0.3 is 0 Å². The Morgan fingerprint density at radius 1 is 1.39 bits per heavy atom. The Morgan fingerprint density at radius 3 is 2.43 bits per heavy atom. The lowest BCUT2D eigenvalue weighted by atomic mass is 9.70. The number of hydrogen-bond donors (Lipinski definition) is 1. The molecule has 1 aliphatic carbocycles. The summed E-state index contributed by atoms with van der Waals surface area (Å²) in [6, 6.07) is 6.30. The van der Waals surface area contributed by atoms with Crippen LogP contribution in [0.25, 0.3) is 0 Å². The zero-order valence-corrected chi connectivity index (χ0v) is 14.5. The number of nitrogen functional groups attached to an aromatic ring is 1. The fourth-order valence-corrected chi connectivity index (χ4v) is 3.29. The fourth-order valence-electron chi connectivity index (χ4n) is 3.29. The van der Waals surface area contributed by atoms with E-state index in [9.17, 15) is 10.1 Å². The molecule has 0 aliphatic heterocycles. The van der Waals surface area contributed by atoms with Crippen molar-refractivity contribution < 1.29 is 4.79 Å². The zero-order valence-electron chi connectivity index (χ0n) is 14.5. The number of nitrogens with zero attached hydrogens (tertiary/aromatic N) is 3. The summed E-state index contributed by atoms with van der Waals surface area (Å²) < 4.78 is 0. The molecule has 0 aromatic carbocycles. The van der Waals surface area contributed by atoms with Crippen molar-refractivity contribution in [1.82, 2.24) is 9.88 Å². The van der Waals surface area contributed by atoms with Crippen molar-refractivity contribution in [2.75, 3.05) is 12.8 Å². The van der Waals surface area contributed by atoms with E-state index >= 15 is 0 Å². The highest BCUT2D eigenvalue weighted by atomic mass is 16.2. The van der Waals surface area contributed by atoms with Gasteiger partial charge in [-0.05, 0) is 37.8 Å². The summed E-state index contributed by atoms with van der Waals surface area (Å²) in [4.78, 5) is 18.7. The molecule has 2 rings (SSSR count). The summed E-state index contributed by atoms with van der Waals surface area (Å²) in [6.07, 6.45) is 4.67. The molecule has 0 bridgehead atoms. The Balaban J connectivity index is 2.11. The van der Waals surface area contributed by atoms with Crippen LogP contribution in [0.15, 0.2) is 18.3 Å². The van der Waals surface area contributed by atoms with Gasteiger partial charge in [-0.25, -0.2) is 0 Å². The first-order valence-corrected chi connectivity index (χ1v) is 8.10. The average Bonchev–Trinajstić information content (AvgIpc) is 2.53. The van der Waals surface area contributed by atoms with Gasteiger partial charge in [-0.3, -0.25) is 9.78 Å². The maximum atomic E-state index is 12.4. The number of nitriles is 1. The smallest absolute Gasteiger partial charge is 0.227 e. The molecule has 1 aromatic rings. The van der Waals surface area contributed by atoms with Crippen molar-refractivity contribution in [3.8, 4) is 6.07 Å². The third-order valence-electron chi connectivity index (χ3n) is 4.81. The molecule has 1 heterocycles. The molecule has 23 heavy (non-hydrogen) atoms. The second-order valence-electron chi connectivity index (χ2n) is 7.57. The molecule has 0 radical (unpaired) electrons. The van der Waals surface area contributed by atoms with Crippen molar-refractivity contribution in [1.29, 1.82) is 5.26 Å². The van der Waals surface area contributed by atoms with Crippen molar-refractivity contribution >= 4 is 11.6 Å². The van der Waals surface area contributed by atoms with E-state index < -0.39 is 5.41 Å². The molecular weight excluding hydrogens is 288 g/mol. The van der Waals surface area contributed by atoms with E-state index in [1.807, 2.05) is 38.8 Å². The van der Waals surface area contributed by atoms with Crippen LogP contribution >= 0.6 is 0 Å². The molecule has 2 N–H and O–H groups in total. The number of anilines is 1. The lowest BCUT2D eigenvalue weighted by Gasteiger charge is -2.40. The number of pyridine rings is 1. The van der Waals surface area contributed by atoms with E-state index in [2.05, 4.69) is 11.1 Å². The minimum Gasteiger partial charge on any atom is -0.397 e. The summed E-state index contributed by atoms with van der Waals surface area (Å²) in [5.41, 5.74) is 6.14. The average molecular weight is 314 g/mol. The Bertz CT molecular complexity index is 601. The molecule has 0 spiro atoms. The number of carbonyl (C=O) groups is 1. The van der Waals surface area contributed by atoms with Crippen LogP contribution in [0.2, 0.25) is 0 Å². The molecule has 1 aliphatic rings. The van der Waals surface area contributed by atoms with E-state index in [1.54, 1.807) is 12.3 Å². The van der Waals surface area contributed by atoms with Crippen molar-refractivity contribution in [3.05, 3.63) is 24.0 Å². The molecule has 0 saturated heterocycles. The van der Waals surface area contributed by atoms with Crippen molar-refractivity contribution in [3.63, 3.8) is 0 Å². The quantitative estimate of drug-likeness (QED) is 0.910. The molecule has 1 fully saturated rings. The second kappa shape index (κ2) is 6.19. The molecule has 1 aromatic heterocycles. The highest BCUT2D eigenvalue weighted by molar-refractivity contribution is 5.81. The maximum Gasteiger partial charge on any atom is 0.227 e. The summed E-state index contributed by atoms with van der Waals surface area (Å²) in [5.74, 6) is 0.151. The molecule has 5 nitrogen and oxygen atoms in total. The van der Waals surface area contributed by atoms with E-state index in [0.717, 1.165) is 18.5 Å². The van der Waals surface area contributed by atoms with Gasteiger partial charge in [0.2, 0.25) is 5.91 Å². The van der Waals surface area contributed by atoms with Crippen LogP contribution in [0.5, 0.6) is 0 Å². The lowest BCUT2D eigenvalue weighted by molar-refractivity contribution is -0.141. The standard InChI is InChI=1S/C18H26N4O/c1-17(2,3)16(23)22(4)14-7-9-18(12-19,10-8-14)15-6-5-13(20)11-21-15/h5-6,11,14H,7-10,20H2,1-4H3. The molecule has 124 valence electrons. The highest BCUT2D eigenvalue weighted by Crippen LogP contribution is 2.40. The third-order valence-corrected chi connectivity index (χ3v) is 4.81. The summed E-state index contributed by atoms with van der Waals surface area (Å²) >= 11 is 0. The Labute approximate surface area is 138 Å². The van der Waals surface area contributed by atoms with Gasteiger partial charge in [-0.2, -0.15) is 5.26 Å². The highest BCUT2D eigenvalue weighted by Gasteiger charge is 2.41. The zero-order chi connectivity index (χ0) is 17.3. The number of nitrogens with two attached hydrogens (primary N) is 1. The maximum absolute atomic E-state index is 12.4. The topological polar surface area (TPSA) is 83.0 Å². The number of amides is 1. The van der Waals surface area contributed by atoms with E-state index in [0.29, 0.717) is 18.5 Å². The molecule has 5 heteroatoms. The lowest BCUT2D eigenvalue weighted by Crippen LogP contribution is -2.46. The first kappa shape index (κ1) is 17.3. The van der Waals surface area contributed by atoms with Gasteiger partial charge in [0.05, 0.1) is 29.1 Å². The van der Waals surface area contributed by atoms with Crippen LogP contribution < -0.4 is 5.73 Å². The summed E-state index contributed by atoms with van der Waals surface area (Å²) in [6.45, 7) is 5.81. The van der Waals surface area contributed by atoms with Crippen LogP contribution in [0.4, 0.5) is 5.69 Å². The van der Waals surface area contributed by atoms with Crippen LogP contribution in [0, 0.1) is 16.7 Å². The van der Waals surface area contributed by atoms with E-state index in [4.69, 9.17) is 5.73 Å². The summed E-state index contributed by atoms with van der Waals surface area (Å²) in [7, 11) is 1.87. The van der Waals surface area contributed by atoms with Gasteiger partial charge < -0.3 is 10.6 Å². The van der Waals surface area contributed by atoms with Gasteiger partial charge in [0.1, 0.15) is 0 Å². The second-order valence-corrected chi connectivity index (χ2v) is 7.57. The van der Waals surface area contributed by atoms with Gasteiger partial charge in [0, 0.05) is 18.5 Å². The Morgan fingerprint density at radius 2 is 2.00 bits per heavy atom. The first-order valence-electron chi connectivity index (χ1n) is 8.10. The molecular formula is C18H26N4O.